The molecule has 0 aliphatic carbocycles. The maximum atomic E-state index is 12.6. The van der Waals surface area contributed by atoms with Gasteiger partial charge >= 0.3 is 0 Å². The fraction of sp³-hybridized carbons (Fsp3) is 0.533. The van der Waals surface area contributed by atoms with Crippen LogP contribution in [0.25, 0.3) is 0 Å². The van der Waals surface area contributed by atoms with Crippen LogP contribution in [0.15, 0.2) is 24.3 Å². The van der Waals surface area contributed by atoms with Crippen molar-refractivity contribution in [1.29, 1.82) is 0 Å². The molecule has 4 heteroatoms. The number of halogens is 1. The number of ether oxygens (including phenoxy) is 2. The number of rotatable bonds is 5. The predicted octanol–water partition coefficient (Wildman–Crippen LogP) is 2.99. The molecule has 104 valence electrons. The summed E-state index contributed by atoms with van der Waals surface area (Å²) in [4.78, 5) is 12.6. The molecule has 0 spiro atoms. The second kappa shape index (κ2) is 6.81. The second-order valence-corrected chi connectivity index (χ2v) is 6.01. The van der Waals surface area contributed by atoms with Crippen molar-refractivity contribution >= 4 is 28.4 Å². The van der Waals surface area contributed by atoms with Gasteiger partial charge in [-0.3, -0.25) is 4.79 Å². The smallest absolute Gasteiger partial charge is 0.169 e. The summed E-state index contributed by atoms with van der Waals surface area (Å²) in [5.41, 5.74) is 0.423. The molecule has 0 saturated carbocycles. The highest BCUT2D eigenvalue weighted by Gasteiger charge is 2.40. The minimum atomic E-state index is -0.629. The van der Waals surface area contributed by atoms with E-state index < -0.39 is 5.60 Å². The normalized spacial score (nSPS) is 18.2. The zero-order chi connectivity index (χ0) is 13.7. The maximum Gasteiger partial charge on any atom is 0.169 e. The van der Waals surface area contributed by atoms with E-state index in [-0.39, 0.29) is 5.78 Å². The largest absolute Gasteiger partial charge is 0.381 e. The Morgan fingerprint density at radius 2 is 1.95 bits per heavy atom. The van der Waals surface area contributed by atoms with Crippen LogP contribution in [0.2, 0.25) is 0 Å². The molecule has 1 aromatic carbocycles. The zero-order valence-electron chi connectivity index (χ0n) is 11.2. The lowest BCUT2D eigenvalue weighted by Crippen LogP contribution is -2.47. The van der Waals surface area contributed by atoms with Gasteiger partial charge in [-0.25, -0.2) is 0 Å². The van der Waals surface area contributed by atoms with Crippen LogP contribution in [-0.2, 0) is 20.7 Å². The van der Waals surface area contributed by atoms with Crippen molar-refractivity contribution in [3.05, 3.63) is 33.4 Å². The Morgan fingerprint density at radius 1 is 1.32 bits per heavy atom. The quantitative estimate of drug-likeness (QED) is 0.744. The molecule has 1 aliphatic heterocycles. The monoisotopic (exact) mass is 374 g/mol. The Bertz CT molecular complexity index is 416. The van der Waals surface area contributed by atoms with Crippen molar-refractivity contribution < 1.29 is 14.3 Å². The van der Waals surface area contributed by atoms with E-state index in [4.69, 9.17) is 9.47 Å². The summed E-state index contributed by atoms with van der Waals surface area (Å²) in [5, 5.41) is 0. The topological polar surface area (TPSA) is 35.5 Å². The Morgan fingerprint density at radius 3 is 2.53 bits per heavy atom. The summed E-state index contributed by atoms with van der Waals surface area (Å²) >= 11 is 2.26. The molecule has 0 N–H and O–H groups in total. The summed E-state index contributed by atoms with van der Waals surface area (Å²) < 4.78 is 12.3. The van der Waals surface area contributed by atoms with E-state index in [1.54, 1.807) is 0 Å². The first-order chi connectivity index (χ1) is 9.16. The Kier molecular flexibility index (Phi) is 5.36. The lowest BCUT2D eigenvalue weighted by Gasteiger charge is -2.35. The molecular weight excluding hydrogens is 355 g/mol. The maximum absolute atomic E-state index is 12.6. The summed E-state index contributed by atoms with van der Waals surface area (Å²) in [6.07, 6.45) is 1.78. The second-order valence-electron chi connectivity index (χ2n) is 4.77. The van der Waals surface area contributed by atoms with Gasteiger partial charge in [-0.05, 0) is 47.2 Å². The van der Waals surface area contributed by atoms with Crippen LogP contribution >= 0.6 is 22.6 Å². The number of hydrogen-bond donors (Lipinski definition) is 0. The van der Waals surface area contributed by atoms with Gasteiger partial charge < -0.3 is 9.47 Å². The highest BCUT2D eigenvalue weighted by molar-refractivity contribution is 14.1. The number of carbonyl (C=O) groups excluding carboxylic acids is 1. The van der Waals surface area contributed by atoms with Gasteiger partial charge in [0.2, 0.25) is 0 Å². The van der Waals surface area contributed by atoms with E-state index >= 15 is 0 Å². The van der Waals surface area contributed by atoms with E-state index in [0.717, 1.165) is 5.56 Å². The van der Waals surface area contributed by atoms with Crippen LogP contribution in [0, 0.1) is 3.57 Å². The lowest BCUT2D eigenvalue weighted by atomic mass is 9.86. The van der Waals surface area contributed by atoms with Crippen LogP contribution < -0.4 is 0 Å². The van der Waals surface area contributed by atoms with E-state index in [1.165, 1.54) is 3.57 Å². The molecule has 1 fully saturated rings. The average Bonchev–Trinajstić information content (AvgIpc) is 2.43. The van der Waals surface area contributed by atoms with Gasteiger partial charge in [0, 0.05) is 42.7 Å². The molecule has 19 heavy (non-hydrogen) atoms. The third-order valence-electron chi connectivity index (χ3n) is 3.51. The Balaban J connectivity index is 2.09. The van der Waals surface area contributed by atoms with Gasteiger partial charge in [0.25, 0.3) is 0 Å². The van der Waals surface area contributed by atoms with E-state index in [2.05, 4.69) is 22.6 Å². The fourth-order valence-electron chi connectivity index (χ4n) is 2.43. The zero-order valence-corrected chi connectivity index (χ0v) is 13.3. The molecule has 0 radical (unpaired) electrons. The molecule has 0 amide bonds. The predicted molar refractivity (Wildman–Crippen MR) is 82.3 cm³/mol. The molecule has 1 heterocycles. The van der Waals surface area contributed by atoms with Crippen LogP contribution in [0.1, 0.15) is 25.3 Å². The standard InChI is InChI=1S/C15H19IO3/c1-2-19-15(7-9-18-10-8-15)14(17)11-12-3-5-13(16)6-4-12/h3-6H,2,7-11H2,1H3. The molecule has 1 saturated heterocycles. The molecule has 0 aromatic heterocycles. The Hall–Kier alpha value is -0.460. The SMILES string of the molecule is CCOC1(C(=O)Cc2ccc(I)cc2)CCOCC1. The number of benzene rings is 1. The van der Waals surface area contributed by atoms with Crippen molar-refractivity contribution in [3.8, 4) is 0 Å². The van der Waals surface area contributed by atoms with Crippen LogP contribution in [0.5, 0.6) is 0 Å². The van der Waals surface area contributed by atoms with Crippen molar-refractivity contribution in [2.45, 2.75) is 31.8 Å². The molecule has 0 unspecified atom stereocenters. The molecule has 0 atom stereocenters. The van der Waals surface area contributed by atoms with Crippen LogP contribution in [0.4, 0.5) is 0 Å². The van der Waals surface area contributed by atoms with Crippen LogP contribution in [0.3, 0.4) is 0 Å². The van der Waals surface area contributed by atoms with Crippen molar-refractivity contribution in [2.75, 3.05) is 19.8 Å². The summed E-state index contributed by atoms with van der Waals surface area (Å²) in [5.74, 6) is 0.179. The number of carbonyl (C=O) groups is 1. The summed E-state index contributed by atoms with van der Waals surface area (Å²) in [6.45, 7) is 3.73. The first-order valence-electron chi connectivity index (χ1n) is 6.66. The molecule has 3 nitrogen and oxygen atoms in total. The fourth-order valence-corrected chi connectivity index (χ4v) is 2.79. The van der Waals surface area contributed by atoms with Gasteiger partial charge in [-0.15, -0.1) is 0 Å². The molecule has 0 bridgehead atoms. The number of hydrogen-bond acceptors (Lipinski definition) is 3. The lowest BCUT2D eigenvalue weighted by molar-refractivity contribution is -0.156. The van der Waals surface area contributed by atoms with Gasteiger partial charge in [-0.1, -0.05) is 12.1 Å². The third-order valence-corrected chi connectivity index (χ3v) is 4.23. The highest BCUT2D eigenvalue weighted by atomic mass is 127. The molecule has 1 aliphatic rings. The minimum absolute atomic E-state index is 0.179. The first-order valence-corrected chi connectivity index (χ1v) is 7.73. The van der Waals surface area contributed by atoms with Gasteiger partial charge in [0.05, 0.1) is 0 Å². The van der Waals surface area contributed by atoms with Gasteiger partial charge in [0.15, 0.2) is 5.78 Å². The number of Topliss-reactive ketones (excluding diaryl/α,β-unsaturated/α-hetero) is 1. The third kappa shape index (κ3) is 3.77. The first kappa shape index (κ1) is 14.9. The minimum Gasteiger partial charge on any atom is -0.381 e. The van der Waals surface area contributed by atoms with Crippen LogP contribution in [-0.4, -0.2) is 31.2 Å². The average molecular weight is 374 g/mol. The van der Waals surface area contributed by atoms with E-state index in [0.29, 0.717) is 39.1 Å². The van der Waals surface area contributed by atoms with Gasteiger partial charge in [0.1, 0.15) is 5.60 Å². The molecular formula is C15H19IO3. The van der Waals surface area contributed by atoms with Crippen molar-refractivity contribution in [3.63, 3.8) is 0 Å². The van der Waals surface area contributed by atoms with E-state index in [9.17, 15) is 4.79 Å². The van der Waals surface area contributed by atoms with Crippen molar-refractivity contribution in [2.24, 2.45) is 0 Å². The number of ketones is 1. The van der Waals surface area contributed by atoms with E-state index in [1.807, 2.05) is 31.2 Å². The summed E-state index contributed by atoms with van der Waals surface area (Å²) in [7, 11) is 0. The highest BCUT2D eigenvalue weighted by Crippen LogP contribution is 2.28. The van der Waals surface area contributed by atoms with Gasteiger partial charge in [-0.2, -0.15) is 0 Å². The van der Waals surface area contributed by atoms with Crippen molar-refractivity contribution in [1.82, 2.24) is 0 Å². The molecule has 1 aromatic rings. The Labute approximate surface area is 127 Å². The summed E-state index contributed by atoms with van der Waals surface area (Å²) in [6, 6.07) is 8.08. The molecule has 2 rings (SSSR count).